The molecule has 0 bridgehead atoms. The van der Waals surface area contributed by atoms with Crippen LogP contribution in [0.4, 0.5) is 14.5 Å². The lowest BCUT2D eigenvalue weighted by molar-refractivity contribution is -0.111. The Morgan fingerprint density at radius 1 is 1.09 bits per heavy atom. The fraction of sp³-hybridized carbons (Fsp3) is 0.333. The number of nitrogens with one attached hydrogen (secondary N) is 1. The van der Waals surface area contributed by atoms with E-state index in [2.05, 4.69) is 10.1 Å². The Balaban J connectivity index is 1.71. The van der Waals surface area contributed by atoms with Crippen LogP contribution in [-0.2, 0) is 4.79 Å². The number of hydrogen-bond donors (Lipinski definition) is 1. The van der Waals surface area contributed by atoms with Crippen molar-refractivity contribution in [2.24, 2.45) is 0 Å². The minimum atomic E-state index is -2.96. The third-order valence-electron chi connectivity index (χ3n) is 4.97. The summed E-state index contributed by atoms with van der Waals surface area (Å²) in [6, 6.07) is 11.3. The summed E-state index contributed by atoms with van der Waals surface area (Å²) >= 11 is 0. The van der Waals surface area contributed by atoms with Crippen molar-refractivity contribution >= 4 is 23.6 Å². The molecule has 1 aliphatic heterocycles. The molecular weight excluding hydrogens is 418 g/mol. The zero-order valence-electron chi connectivity index (χ0n) is 17.9. The Hall–Kier alpha value is -3.42. The summed E-state index contributed by atoms with van der Waals surface area (Å²) in [5.41, 5.74) is 1.46. The Morgan fingerprint density at radius 2 is 1.84 bits per heavy atom. The molecule has 1 saturated heterocycles. The van der Waals surface area contributed by atoms with E-state index in [0.717, 1.165) is 19.3 Å². The number of carbonyl (C=O) groups is 2. The molecule has 1 fully saturated rings. The lowest BCUT2D eigenvalue weighted by atomic mass is 10.1. The number of alkyl halides is 2. The number of benzene rings is 2. The Bertz CT molecular complexity index is 972. The molecule has 0 unspecified atom stereocenters. The smallest absolute Gasteiger partial charge is 0.387 e. The van der Waals surface area contributed by atoms with Crippen molar-refractivity contribution in [2.75, 3.05) is 25.0 Å². The van der Waals surface area contributed by atoms with Crippen molar-refractivity contribution in [3.63, 3.8) is 0 Å². The lowest BCUT2D eigenvalue weighted by Crippen LogP contribution is -2.36. The number of carbonyl (C=O) groups excluding carboxylic acids is 2. The van der Waals surface area contributed by atoms with Crippen LogP contribution >= 0.6 is 0 Å². The van der Waals surface area contributed by atoms with Crippen LogP contribution in [-0.4, -0.2) is 43.0 Å². The quantitative estimate of drug-likeness (QED) is 0.584. The maximum atomic E-state index is 12.9. The zero-order chi connectivity index (χ0) is 22.9. The van der Waals surface area contributed by atoms with E-state index < -0.39 is 12.5 Å². The van der Waals surface area contributed by atoms with Gasteiger partial charge < -0.3 is 19.7 Å². The molecule has 0 aromatic heterocycles. The van der Waals surface area contributed by atoms with Crippen molar-refractivity contribution in [1.82, 2.24) is 4.90 Å². The first-order valence-corrected chi connectivity index (χ1v) is 10.6. The topological polar surface area (TPSA) is 67.9 Å². The van der Waals surface area contributed by atoms with Gasteiger partial charge in [0.05, 0.1) is 17.9 Å². The molecule has 0 aliphatic carbocycles. The van der Waals surface area contributed by atoms with Crippen molar-refractivity contribution < 1.29 is 27.8 Å². The molecule has 1 N–H and O–H groups in total. The summed E-state index contributed by atoms with van der Waals surface area (Å²) < 4.78 is 34.9. The van der Waals surface area contributed by atoms with Gasteiger partial charge in [0.1, 0.15) is 0 Å². The van der Waals surface area contributed by atoms with Gasteiger partial charge in [-0.3, -0.25) is 9.59 Å². The Labute approximate surface area is 185 Å². The van der Waals surface area contributed by atoms with Crippen molar-refractivity contribution in [3.8, 4) is 11.5 Å². The fourth-order valence-corrected chi connectivity index (χ4v) is 3.48. The summed E-state index contributed by atoms with van der Waals surface area (Å²) in [4.78, 5) is 27.2. The molecule has 2 aromatic rings. The highest BCUT2D eigenvalue weighted by Gasteiger charge is 2.21. The minimum absolute atomic E-state index is 0.0754. The highest BCUT2D eigenvalue weighted by molar-refractivity contribution is 6.07. The number of halogens is 2. The van der Waals surface area contributed by atoms with Gasteiger partial charge >= 0.3 is 6.61 Å². The second kappa shape index (κ2) is 11.3. The number of para-hydroxylation sites is 1. The van der Waals surface area contributed by atoms with E-state index in [9.17, 15) is 18.4 Å². The van der Waals surface area contributed by atoms with Gasteiger partial charge in [-0.2, -0.15) is 8.78 Å². The lowest BCUT2D eigenvalue weighted by Gasteiger charge is -2.27. The van der Waals surface area contributed by atoms with E-state index in [4.69, 9.17) is 4.74 Å². The highest BCUT2D eigenvalue weighted by atomic mass is 19.3. The third kappa shape index (κ3) is 6.29. The second-order valence-electron chi connectivity index (χ2n) is 7.24. The predicted octanol–water partition coefficient (Wildman–Crippen LogP) is 4.96. The number of anilines is 1. The summed E-state index contributed by atoms with van der Waals surface area (Å²) in [5, 5.41) is 2.75. The molecule has 0 spiro atoms. The van der Waals surface area contributed by atoms with Crippen LogP contribution < -0.4 is 14.8 Å². The molecule has 2 amide bonds. The maximum Gasteiger partial charge on any atom is 0.387 e. The van der Waals surface area contributed by atoms with E-state index in [0.29, 0.717) is 29.9 Å². The Morgan fingerprint density at radius 3 is 2.56 bits per heavy atom. The zero-order valence-corrected chi connectivity index (χ0v) is 17.9. The van der Waals surface area contributed by atoms with Gasteiger partial charge in [0.25, 0.3) is 5.91 Å². The number of ether oxygens (including phenoxy) is 2. The van der Waals surface area contributed by atoms with Crippen molar-refractivity contribution in [1.29, 1.82) is 0 Å². The van der Waals surface area contributed by atoms with Gasteiger partial charge in [-0.05, 0) is 62.1 Å². The number of amides is 2. The molecule has 0 radical (unpaired) electrons. The summed E-state index contributed by atoms with van der Waals surface area (Å²) in [5.74, 6) is -0.434. The molecule has 0 atom stereocenters. The molecule has 170 valence electrons. The molecule has 32 heavy (non-hydrogen) atoms. The molecule has 3 rings (SSSR count). The first-order valence-electron chi connectivity index (χ1n) is 10.6. The normalized spacial score (nSPS) is 13.9. The van der Waals surface area contributed by atoms with Crippen LogP contribution in [0, 0.1) is 0 Å². The summed E-state index contributed by atoms with van der Waals surface area (Å²) in [6.45, 7) is 0.469. The SMILES string of the molecule is CCOc1cc(/C=C/C(=O)Nc2ccccc2C(=O)N2CCCCC2)ccc1OC(F)F. The van der Waals surface area contributed by atoms with Crippen LogP contribution in [0.25, 0.3) is 6.08 Å². The number of piperidine rings is 1. The highest BCUT2D eigenvalue weighted by Crippen LogP contribution is 2.30. The number of hydrogen-bond acceptors (Lipinski definition) is 4. The average molecular weight is 444 g/mol. The standard InChI is InChI=1S/C24H26F2N2O4/c1-2-31-21-16-17(10-12-20(21)32-24(25)26)11-13-22(29)27-19-9-5-4-8-18(19)23(30)28-14-6-3-7-15-28/h4-5,8-13,16,24H,2-3,6-7,14-15H2,1H3,(H,27,29)/b13-11+. The van der Waals surface area contributed by atoms with Gasteiger partial charge in [0.2, 0.25) is 5.91 Å². The van der Waals surface area contributed by atoms with Crippen molar-refractivity contribution in [2.45, 2.75) is 32.8 Å². The Kier molecular flexibility index (Phi) is 8.19. The van der Waals surface area contributed by atoms with Gasteiger partial charge in [0.15, 0.2) is 11.5 Å². The molecule has 8 heteroatoms. The van der Waals surface area contributed by atoms with Crippen LogP contribution in [0.15, 0.2) is 48.5 Å². The number of rotatable bonds is 8. The number of nitrogens with zero attached hydrogens (tertiary/aromatic N) is 1. The van der Waals surface area contributed by atoms with Gasteiger partial charge in [-0.1, -0.05) is 18.2 Å². The van der Waals surface area contributed by atoms with Gasteiger partial charge in [-0.25, -0.2) is 0 Å². The van der Waals surface area contributed by atoms with Crippen LogP contribution in [0.1, 0.15) is 42.1 Å². The van der Waals surface area contributed by atoms with E-state index in [1.807, 2.05) is 4.90 Å². The molecule has 2 aromatic carbocycles. The van der Waals surface area contributed by atoms with E-state index in [1.54, 1.807) is 31.2 Å². The van der Waals surface area contributed by atoms with E-state index >= 15 is 0 Å². The second-order valence-corrected chi connectivity index (χ2v) is 7.24. The number of likely N-dealkylation sites (tertiary alicyclic amines) is 1. The largest absolute Gasteiger partial charge is 0.490 e. The molecule has 1 aliphatic rings. The molecule has 1 heterocycles. The van der Waals surface area contributed by atoms with Crippen LogP contribution in [0.3, 0.4) is 0 Å². The molecule has 0 saturated carbocycles. The van der Waals surface area contributed by atoms with Gasteiger partial charge in [-0.15, -0.1) is 0 Å². The minimum Gasteiger partial charge on any atom is -0.490 e. The van der Waals surface area contributed by atoms with Crippen LogP contribution in [0.2, 0.25) is 0 Å². The van der Waals surface area contributed by atoms with Crippen LogP contribution in [0.5, 0.6) is 11.5 Å². The molecule has 6 nitrogen and oxygen atoms in total. The monoisotopic (exact) mass is 444 g/mol. The first-order chi connectivity index (χ1) is 15.5. The van der Waals surface area contributed by atoms with Gasteiger partial charge in [0, 0.05) is 19.2 Å². The van der Waals surface area contributed by atoms with Crippen molar-refractivity contribution in [3.05, 3.63) is 59.7 Å². The van der Waals surface area contributed by atoms with E-state index in [-0.39, 0.29) is 24.0 Å². The maximum absolute atomic E-state index is 12.9. The predicted molar refractivity (Wildman–Crippen MR) is 118 cm³/mol. The third-order valence-corrected chi connectivity index (χ3v) is 4.97. The summed E-state index contributed by atoms with van der Waals surface area (Å²) in [6.07, 6.45) is 5.91. The summed E-state index contributed by atoms with van der Waals surface area (Å²) in [7, 11) is 0. The molecular formula is C24H26F2N2O4. The first kappa shape index (κ1) is 23.2. The average Bonchev–Trinajstić information content (AvgIpc) is 2.79. The fourth-order valence-electron chi connectivity index (χ4n) is 3.48. The van der Waals surface area contributed by atoms with E-state index in [1.165, 1.54) is 30.4 Å².